The number of nitrogens with one attached hydrogen (secondary N) is 2. The molecule has 21 heavy (non-hydrogen) atoms. The van der Waals surface area contributed by atoms with Crippen LogP contribution < -0.4 is 15.0 Å². The lowest BCUT2D eigenvalue weighted by molar-refractivity contribution is 0.0962. The number of H-pyrrole nitrogens is 1. The van der Waals surface area contributed by atoms with Gasteiger partial charge < -0.3 is 15.0 Å². The Labute approximate surface area is 121 Å². The van der Waals surface area contributed by atoms with Gasteiger partial charge in [-0.05, 0) is 30.7 Å². The number of hydrogen-bond acceptors (Lipinski definition) is 4. The number of hydrogen-bond donors (Lipinski definition) is 2. The first kappa shape index (κ1) is 13.2. The first-order chi connectivity index (χ1) is 10.1. The normalized spacial score (nSPS) is 12.8. The summed E-state index contributed by atoms with van der Waals surface area (Å²) in [5.41, 5.74) is 2.89. The van der Waals surface area contributed by atoms with Crippen molar-refractivity contribution in [2.75, 3.05) is 18.7 Å². The number of aromatic amines is 1. The minimum Gasteiger partial charge on any atom is -0.469 e. The monoisotopic (exact) mass is 285 g/mol. The zero-order valence-corrected chi connectivity index (χ0v) is 11.8. The fourth-order valence-corrected chi connectivity index (χ4v) is 2.43. The van der Waals surface area contributed by atoms with Gasteiger partial charge >= 0.3 is 0 Å². The second-order valence-corrected chi connectivity index (χ2v) is 4.84. The Hall–Kier alpha value is -2.76. The van der Waals surface area contributed by atoms with Crippen LogP contribution in [0.1, 0.15) is 26.4 Å². The summed E-state index contributed by atoms with van der Waals surface area (Å²) in [5, 5.41) is 2.62. The Kier molecular flexibility index (Phi) is 3.13. The maximum absolute atomic E-state index is 11.7. The van der Waals surface area contributed by atoms with E-state index in [1.165, 1.54) is 0 Å². The van der Waals surface area contributed by atoms with Crippen LogP contribution in [0.3, 0.4) is 0 Å². The summed E-state index contributed by atoms with van der Waals surface area (Å²) >= 11 is 0. The number of aryl methyl sites for hydroxylation is 1. The van der Waals surface area contributed by atoms with Gasteiger partial charge in [0, 0.05) is 24.4 Å². The average molecular weight is 285 g/mol. The summed E-state index contributed by atoms with van der Waals surface area (Å²) in [6.07, 6.45) is 0.750. The van der Waals surface area contributed by atoms with Crippen LogP contribution in [0.2, 0.25) is 0 Å². The number of carbonyl (C=O) groups excluding carboxylic acids is 2. The average Bonchev–Trinajstić information content (AvgIpc) is 3.05. The molecule has 0 bridgehead atoms. The van der Waals surface area contributed by atoms with Crippen molar-refractivity contribution in [2.45, 2.75) is 6.92 Å². The molecule has 1 aliphatic heterocycles. The summed E-state index contributed by atoms with van der Waals surface area (Å²) in [6.45, 7) is 2.26. The lowest BCUT2D eigenvalue weighted by Gasteiger charge is -2.17. The van der Waals surface area contributed by atoms with Crippen molar-refractivity contribution in [3.05, 3.63) is 41.1 Å². The lowest BCUT2D eigenvalue weighted by Crippen LogP contribution is -2.20. The van der Waals surface area contributed by atoms with Crippen molar-refractivity contribution >= 4 is 23.7 Å². The molecule has 2 aromatic rings. The summed E-state index contributed by atoms with van der Waals surface area (Å²) in [6, 6.07) is 7.24. The van der Waals surface area contributed by atoms with Gasteiger partial charge in [-0.2, -0.15) is 0 Å². The minimum atomic E-state index is -0.111. The van der Waals surface area contributed by atoms with Crippen LogP contribution >= 0.6 is 0 Å². The van der Waals surface area contributed by atoms with Crippen LogP contribution in [-0.2, 0) is 0 Å². The summed E-state index contributed by atoms with van der Waals surface area (Å²) in [7, 11) is 1.61. The number of nitrogens with zero attached hydrogens (tertiary/aromatic N) is 1. The van der Waals surface area contributed by atoms with E-state index < -0.39 is 0 Å². The molecule has 108 valence electrons. The molecule has 0 radical (unpaired) electrons. The Bertz CT molecular complexity index is 721. The van der Waals surface area contributed by atoms with Gasteiger partial charge in [0.05, 0.1) is 5.69 Å². The number of anilines is 2. The van der Waals surface area contributed by atoms with Crippen LogP contribution in [0, 0.1) is 6.92 Å². The number of benzene rings is 1. The molecule has 3 rings (SSSR count). The predicted octanol–water partition coefficient (Wildman–Crippen LogP) is 1.98. The molecule has 6 nitrogen and oxygen atoms in total. The van der Waals surface area contributed by atoms with E-state index in [0.29, 0.717) is 23.7 Å². The molecule has 2 heterocycles. The van der Waals surface area contributed by atoms with E-state index in [1.54, 1.807) is 19.2 Å². The minimum absolute atomic E-state index is 0.111. The Balaban J connectivity index is 1.96. The number of amides is 1. The lowest BCUT2D eigenvalue weighted by atomic mass is 10.1. The molecular weight excluding hydrogens is 270 g/mol. The third-order valence-corrected chi connectivity index (χ3v) is 3.52. The van der Waals surface area contributed by atoms with E-state index >= 15 is 0 Å². The highest BCUT2D eigenvalue weighted by Gasteiger charge is 2.25. The van der Waals surface area contributed by atoms with Crippen molar-refractivity contribution in [3.8, 4) is 5.75 Å². The molecule has 0 saturated heterocycles. The van der Waals surface area contributed by atoms with Crippen LogP contribution in [0.4, 0.5) is 11.5 Å². The molecule has 0 saturated carbocycles. The van der Waals surface area contributed by atoms with Crippen molar-refractivity contribution in [1.29, 1.82) is 0 Å². The zero-order chi connectivity index (χ0) is 15.0. The quantitative estimate of drug-likeness (QED) is 0.846. The van der Waals surface area contributed by atoms with E-state index in [0.717, 1.165) is 23.4 Å². The van der Waals surface area contributed by atoms with E-state index in [2.05, 4.69) is 10.3 Å². The number of aldehydes is 1. The molecule has 0 fully saturated rings. The Morgan fingerprint density at radius 3 is 2.90 bits per heavy atom. The molecule has 0 aliphatic carbocycles. The molecule has 1 aromatic heterocycles. The molecule has 2 N–H and O–H groups in total. The van der Waals surface area contributed by atoms with Gasteiger partial charge in [0.2, 0.25) is 0 Å². The van der Waals surface area contributed by atoms with Gasteiger partial charge in [0.25, 0.3) is 5.91 Å². The zero-order valence-electron chi connectivity index (χ0n) is 11.8. The Morgan fingerprint density at radius 2 is 2.24 bits per heavy atom. The van der Waals surface area contributed by atoms with E-state index in [1.807, 2.05) is 24.0 Å². The molecule has 1 aromatic carbocycles. The summed E-state index contributed by atoms with van der Waals surface area (Å²) in [4.78, 5) is 27.5. The van der Waals surface area contributed by atoms with Gasteiger partial charge in [0.15, 0.2) is 24.6 Å². The topological polar surface area (TPSA) is 74.4 Å². The van der Waals surface area contributed by atoms with Crippen molar-refractivity contribution < 1.29 is 14.3 Å². The highest BCUT2D eigenvalue weighted by Crippen LogP contribution is 2.39. The SMILES string of the molecule is CNC(=O)c1ccc(N2COc3cc(C=O)[nH]c32)cc1C. The first-order valence-electron chi connectivity index (χ1n) is 6.55. The molecule has 0 unspecified atom stereocenters. The maximum Gasteiger partial charge on any atom is 0.251 e. The highest BCUT2D eigenvalue weighted by molar-refractivity contribution is 5.96. The predicted molar refractivity (Wildman–Crippen MR) is 78.4 cm³/mol. The molecular formula is C15H15N3O3. The first-order valence-corrected chi connectivity index (χ1v) is 6.55. The largest absolute Gasteiger partial charge is 0.469 e. The van der Waals surface area contributed by atoms with Crippen molar-refractivity contribution in [2.24, 2.45) is 0 Å². The van der Waals surface area contributed by atoms with Gasteiger partial charge in [0.1, 0.15) is 0 Å². The van der Waals surface area contributed by atoms with Crippen molar-refractivity contribution in [3.63, 3.8) is 0 Å². The second-order valence-electron chi connectivity index (χ2n) is 4.84. The highest BCUT2D eigenvalue weighted by atomic mass is 16.5. The summed E-state index contributed by atoms with van der Waals surface area (Å²) in [5.74, 6) is 1.30. The van der Waals surface area contributed by atoms with Gasteiger partial charge in [-0.1, -0.05) is 0 Å². The molecule has 1 amide bonds. The van der Waals surface area contributed by atoms with Gasteiger partial charge in [-0.15, -0.1) is 0 Å². The van der Waals surface area contributed by atoms with Gasteiger partial charge in [-0.3, -0.25) is 14.5 Å². The number of carbonyl (C=O) groups is 2. The van der Waals surface area contributed by atoms with Crippen LogP contribution in [0.5, 0.6) is 5.75 Å². The standard InChI is InChI=1S/C15H15N3O3/c1-9-5-11(3-4-12(9)15(20)16-2)18-8-21-13-6-10(7-19)17-14(13)18/h3-7,17H,8H2,1-2H3,(H,16,20). The number of fused-ring (bicyclic) bond motifs is 1. The maximum atomic E-state index is 11.7. The fourth-order valence-electron chi connectivity index (χ4n) is 2.43. The fraction of sp³-hybridized carbons (Fsp3) is 0.200. The van der Waals surface area contributed by atoms with Crippen LogP contribution in [0.15, 0.2) is 24.3 Å². The summed E-state index contributed by atoms with van der Waals surface area (Å²) < 4.78 is 5.54. The van der Waals surface area contributed by atoms with Gasteiger partial charge in [-0.25, -0.2) is 0 Å². The third-order valence-electron chi connectivity index (χ3n) is 3.52. The number of rotatable bonds is 3. The molecule has 1 aliphatic rings. The molecule has 6 heteroatoms. The Morgan fingerprint density at radius 1 is 1.43 bits per heavy atom. The van der Waals surface area contributed by atoms with E-state index in [9.17, 15) is 9.59 Å². The van der Waals surface area contributed by atoms with Crippen LogP contribution in [0.25, 0.3) is 0 Å². The molecule has 0 spiro atoms. The van der Waals surface area contributed by atoms with Crippen LogP contribution in [-0.4, -0.2) is 31.0 Å². The number of aromatic nitrogens is 1. The van der Waals surface area contributed by atoms with E-state index in [-0.39, 0.29) is 5.91 Å². The third kappa shape index (κ3) is 2.14. The molecule has 0 atom stereocenters. The van der Waals surface area contributed by atoms with E-state index in [4.69, 9.17) is 4.74 Å². The second kappa shape index (κ2) is 4.97. The smallest absolute Gasteiger partial charge is 0.251 e. The number of ether oxygens (including phenoxy) is 1. The van der Waals surface area contributed by atoms with Crippen molar-refractivity contribution in [1.82, 2.24) is 10.3 Å².